The highest BCUT2D eigenvalue weighted by atomic mass is 16.6. The maximum Gasteiger partial charge on any atom is 0.389 e. The third-order valence-electron chi connectivity index (χ3n) is 2.62. The van der Waals surface area contributed by atoms with Gasteiger partial charge in [0.25, 0.3) is 0 Å². The summed E-state index contributed by atoms with van der Waals surface area (Å²) in [6.45, 7) is 1.47. The second-order valence-electron chi connectivity index (χ2n) is 3.74. The minimum Gasteiger partial charge on any atom is -0.394 e. The van der Waals surface area contributed by atoms with Crippen LogP contribution in [0.1, 0.15) is 17.4 Å². The van der Waals surface area contributed by atoms with E-state index in [-0.39, 0.29) is 12.4 Å². The monoisotopic (exact) mass is 236 g/mol. The summed E-state index contributed by atoms with van der Waals surface area (Å²) in [7, 11) is 0. The molecule has 17 heavy (non-hydrogen) atoms. The number of imidazole rings is 1. The van der Waals surface area contributed by atoms with Crippen LogP contribution in [-0.4, -0.2) is 26.0 Å². The molecule has 7 nitrogen and oxygen atoms in total. The first-order valence-electron chi connectivity index (χ1n) is 5.04. The van der Waals surface area contributed by atoms with Crippen LogP contribution < -0.4 is 5.73 Å². The largest absolute Gasteiger partial charge is 0.394 e. The fraction of sp³-hybridized carbons (Fsp3) is 0.300. The van der Waals surface area contributed by atoms with Crippen molar-refractivity contribution in [3.63, 3.8) is 0 Å². The molecule has 0 saturated carbocycles. The Hall–Kier alpha value is -1.99. The molecule has 90 valence electrons. The number of pyridine rings is 1. The second kappa shape index (κ2) is 4.11. The summed E-state index contributed by atoms with van der Waals surface area (Å²) in [6.07, 6.45) is 1.66. The summed E-state index contributed by atoms with van der Waals surface area (Å²) in [4.78, 5) is 14.2. The topological polar surface area (TPSA) is 107 Å². The van der Waals surface area contributed by atoms with Crippen molar-refractivity contribution in [2.75, 3.05) is 6.61 Å². The number of fused-ring (bicyclic) bond motifs is 1. The zero-order chi connectivity index (χ0) is 12.6. The molecule has 7 heteroatoms. The van der Waals surface area contributed by atoms with Gasteiger partial charge in [0, 0.05) is 13.1 Å². The zero-order valence-electron chi connectivity index (χ0n) is 9.20. The van der Waals surface area contributed by atoms with Crippen molar-refractivity contribution in [1.82, 2.24) is 9.38 Å². The number of aromatic nitrogens is 2. The molecule has 0 radical (unpaired) electrons. The lowest BCUT2D eigenvalue weighted by atomic mass is 10.1. The van der Waals surface area contributed by atoms with E-state index in [1.54, 1.807) is 29.7 Å². The average Bonchev–Trinajstić information content (AvgIpc) is 2.65. The predicted octanol–water partition coefficient (Wildman–Crippen LogP) is 0.543. The summed E-state index contributed by atoms with van der Waals surface area (Å²) in [5.74, 6) is 0.338. The van der Waals surface area contributed by atoms with Crippen molar-refractivity contribution in [3.8, 4) is 0 Å². The average molecular weight is 236 g/mol. The predicted molar refractivity (Wildman–Crippen MR) is 60.6 cm³/mol. The Bertz CT molecular complexity index is 578. The van der Waals surface area contributed by atoms with Crippen molar-refractivity contribution in [2.45, 2.75) is 13.0 Å². The molecule has 1 unspecified atom stereocenters. The molecule has 2 aromatic heterocycles. The van der Waals surface area contributed by atoms with Gasteiger partial charge in [-0.2, -0.15) is 0 Å². The molecular formula is C10H12N4O3. The quantitative estimate of drug-likeness (QED) is 0.597. The van der Waals surface area contributed by atoms with Gasteiger partial charge in [-0.25, -0.2) is 0 Å². The lowest BCUT2D eigenvalue weighted by Gasteiger charge is -2.08. The van der Waals surface area contributed by atoms with Gasteiger partial charge in [-0.05, 0) is 27.6 Å². The van der Waals surface area contributed by atoms with Gasteiger partial charge in [-0.15, -0.1) is 0 Å². The maximum absolute atomic E-state index is 10.8. The van der Waals surface area contributed by atoms with E-state index in [1.807, 2.05) is 0 Å². The first-order valence-corrected chi connectivity index (χ1v) is 5.04. The van der Waals surface area contributed by atoms with Crippen LogP contribution in [0.5, 0.6) is 0 Å². The summed E-state index contributed by atoms with van der Waals surface area (Å²) < 4.78 is 1.62. The van der Waals surface area contributed by atoms with Gasteiger partial charge in [0.05, 0.1) is 12.6 Å². The van der Waals surface area contributed by atoms with E-state index >= 15 is 0 Å². The summed E-state index contributed by atoms with van der Waals surface area (Å²) in [5.41, 5.74) is 6.69. The molecule has 2 aromatic rings. The van der Waals surface area contributed by atoms with Crippen LogP contribution in [0.4, 0.5) is 5.82 Å². The Morgan fingerprint density at radius 1 is 1.71 bits per heavy atom. The van der Waals surface area contributed by atoms with Crippen molar-refractivity contribution in [2.24, 2.45) is 5.73 Å². The van der Waals surface area contributed by atoms with E-state index in [9.17, 15) is 10.1 Å². The zero-order valence-corrected chi connectivity index (χ0v) is 9.20. The van der Waals surface area contributed by atoms with Gasteiger partial charge in [-0.3, -0.25) is 4.40 Å². The van der Waals surface area contributed by atoms with E-state index in [0.717, 1.165) is 0 Å². The number of aliphatic hydroxyl groups excluding tert-OH is 1. The molecule has 0 spiro atoms. The third-order valence-corrected chi connectivity index (χ3v) is 2.62. The van der Waals surface area contributed by atoms with E-state index < -0.39 is 11.0 Å². The van der Waals surface area contributed by atoms with Crippen molar-refractivity contribution in [3.05, 3.63) is 39.8 Å². The van der Waals surface area contributed by atoms with E-state index in [1.165, 1.54) is 0 Å². The Kier molecular flexibility index (Phi) is 2.78. The molecule has 0 aliphatic rings. The molecule has 0 aliphatic carbocycles. The van der Waals surface area contributed by atoms with Crippen molar-refractivity contribution >= 4 is 11.3 Å². The summed E-state index contributed by atoms with van der Waals surface area (Å²) in [6, 6.07) is 2.75. The van der Waals surface area contributed by atoms with Gasteiger partial charge in [0.1, 0.15) is 5.52 Å². The van der Waals surface area contributed by atoms with Crippen LogP contribution in [0.25, 0.3) is 5.52 Å². The van der Waals surface area contributed by atoms with Crippen molar-refractivity contribution in [1.29, 1.82) is 0 Å². The summed E-state index contributed by atoms with van der Waals surface area (Å²) in [5, 5.41) is 19.8. The van der Waals surface area contributed by atoms with Crippen LogP contribution >= 0.6 is 0 Å². The van der Waals surface area contributed by atoms with Gasteiger partial charge >= 0.3 is 5.82 Å². The molecule has 1 atom stereocenters. The van der Waals surface area contributed by atoms with Crippen LogP contribution in [0.2, 0.25) is 0 Å². The molecular weight excluding hydrogens is 224 g/mol. The van der Waals surface area contributed by atoms with Gasteiger partial charge in [0.2, 0.25) is 5.82 Å². The number of aryl methyl sites for hydroxylation is 1. The molecule has 0 fully saturated rings. The highest BCUT2D eigenvalue weighted by Gasteiger charge is 2.20. The first-order chi connectivity index (χ1) is 8.04. The molecule has 0 aliphatic heterocycles. The van der Waals surface area contributed by atoms with E-state index in [0.29, 0.717) is 16.9 Å². The number of nitro groups is 1. The normalized spacial score (nSPS) is 12.9. The molecule has 2 heterocycles. The second-order valence-corrected chi connectivity index (χ2v) is 3.74. The lowest BCUT2D eigenvalue weighted by Crippen LogP contribution is -2.14. The fourth-order valence-corrected chi connectivity index (χ4v) is 1.71. The number of hydrogen-bond donors (Lipinski definition) is 2. The number of rotatable bonds is 3. The number of nitrogens with two attached hydrogens (primary N) is 1. The van der Waals surface area contributed by atoms with Crippen LogP contribution in [0, 0.1) is 17.0 Å². The molecule has 2 rings (SSSR count). The smallest absolute Gasteiger partial charge is 0.389 e. The number of nitrogens with zero attached hydrogens (tertiary/aromatic N) is 3. The molecule has 0 aromatic carbocycles. The van der Waals surface area contributed by atoms with Gasteiger partial charge < -0.3 is 21.0 Å². The fourth-order valence-electron chi connectivity index (χ4n) is 1.71. The molecule has 3 N–H and O–H groups in total. The number of hydrogen-bond acceptors (Lipinski definition) is 5. The maximum atomic E-state index is 10.8. The summed E-state index contributed by atoms with van der Waals surface area (Å²) >= 11 is 0. The highest BCUT2D eigenvalue weighted by molar-refractivity contribution is 5.63. The Morgan fingerprint density at radius 2 is 2.41 bits per heavy atom. The van der Waals surface area contributed by atoms with E-state index in [4.69, 9.17) is 10.8 Å². The van der Waals surface area contributed by atoms with Crippen LogP contribution in [0.15, 0.2) is 18.3 Å². The first kappa shape index (κ1) is 11.5. The third kappa shape index (κ3) is 1.85. The SMILES string of the molecule is Cc1nc([N+](=O)[O-])c2cc(C(N)CO)ccn12. The standard InChI is InChI=1S/C10H12N4O3/c1-6-12-10(14(16)17)9-4-7(8(11)5-15)2-3-13(6)9/h2-4,8,15H,5,11H2,1H3. The molecule has 0 amide bonds. The van der Waals surface area contributed by atoms with E-state index in [2.05, 4.69) is 4.98 Å². The van der Waals surface area contributed by atoms with Crippen LogP contribution in [0.3, 0.4) is 0 Å². The molecule has 0 bridgehead atoms. The minimum atomic E-state index is -0.546. The Morgan fingerprint density at radius 3 is 3.00 bits per heavy atom. The minimum absolute atomic E-state index is 0.200. The Labute approximate surface area is 96.7 Å². The van der Waals surface area contributed by atoms with Crippen molar-refractivity contribution < 1.29 is 10.0 Å². The highest BCUT2D eigenvalue weighted by Crippen LogP contribution is 2.23. The van der Waals surface area contributed by atoms with Crippen LogP contribution in [-0.2, 0) is 0 Å². The van der Waals surface area contributed by atoms with Gasteiger partial charge in [0.15, 0.2) is 0 Å². The Balaban J connectivity index is 2.66. The van der Waals surface area contributed by atoms with Gasteiger partial charge in [-0.1, -0.05) is 0 Å². The molecule has 0 saturated heterocycles. The lowest BCUT2D eigenvalue weighted by molar-refractivity contribution is -0.387. The number of aliphatic hydroxyl groups is 1.